The van der Waals surface area contributed by atoms with Gasteiger partial charge in [-0.15, -0.1) is 0 Å². The van der Waals surface area contributed by atoms with E-state index in [1.165, 1.54) is 27.8 Å². The Balaban J connectivity index is 2.46. The van der Waals surface area contributed by atoms with Crippen LogP contribution >= 0.6 is 0 Å². The van der Waals surface area contributed by atoms with Crippen LogP contribution in [0.15, 0.2) is 42.6 Å². The van der Waals surface area contributed by atoms with Crippen LogP contribution in [0, 0.1) is 13.8 Å². The molecule has 0 saturated carbocycles. The van der Waals surface area contributed by atoms with Gasteiger partial charge in [-0.1, -0.05) is 35.9 Å². The first-order valence-electron chi connectivity index (χ1n) is 6.29. The fourth-order valence-corrected chi connectivity index (χ4v) is 2.11. The van der Waals surface area contributed by atoms with Gasteiger partial charge in [-0.25, -0.2) is 0 Å². The van der Waals surface area contributed by atoms with Crippen LogP contribution in [0.5, 0.6) is 0 Å². The third kappa shape index (κ3) is 2.51. The largest absolute Gasteiger partial charge is 0.256 e. The van der Waals surface area contributed by atoms with Crippen molar-refractivity contribution in [3.63, 3.8) is 0 Å². The van der Waals surface area contributed by atoms with Crippen molar-refractivity contribution in [2.24, 2.45) is 0 Å². The zero-order chi connectivity index (χ0) is 13.1. The number of pyridine rings is 1. The molecule has 0 spiro atoms. The minimum absolute atomic E-state index is 1.09. The molecule has 0 aliphatic rings. The lowest BCUT2D eigenvalue weighted by molar-refractivity contribution is 1.21. The van der Waals surface area contributed by atoms with Crippen LogP contribution in [0.3, 0.4) is 0 Å². The molecule has 0 saturated heterocycles. The Morgan fingerprint density at radius 1 is 1.11 bits per heavy atom. The topological polar surface area (TPSA) is 12.9 Å². The Hall–Kier alpha value is -1.89. The van der Waals surface area contributed by atoms with Gasteiger partial charge in [0.15, 0.2) is 0 Å². The van der Waals surface area contributed by atoms with Gasteiger partial charge in [0.25, 0.3) is 0 Å². The summed E-state index contributed by atoms with van der Waals surface area (Å²) in [6.45, 7) is 8.38. The first kappa shape index (κ1) is 12.6. The molecule has 0 aliphatic heterocycles. The summed E-state index contributed by atoms with van der Waals surface area (Å²) >= 11 is 0. The molecule has 1 aromatic carbocycles. The maximum absolute atomic E-state index is 4.59. The second-order valence-electron chi connectivity index (χ2n) is 4.73. The number of aromatic nitrogens is 1. The van der Waals surface area contributed by atoms with E-state index in [-0.39, 0.29) is 0 Å². The number of rotatable bonds is 2. The predicted octanol–water partition coefficient (Wildman–Crippen LogP) is 4.79. The van der Waals surface area contributed by atoms with Gasteiger partial charge in [0.1, 0.15) is 0 Å². The fourth-order valence-electron chi connectivity index (χ4n) is 2.11. The summed E-state index contributed by atoms with van der Waals surface area (Å²) in [5, 5.41) is 0. The van der Waals surface area contributed by atoms with E-state index in [4.69, 9.17) is 0 Å². The monoisotopic (exact) mass is 237 g/mol. The highest BCUT2D eigenvalue weighted by molar-refractivity contribution is 5.69. The van der Waals surface area contributed by atoms with Gasteiger partial charge in [0.05, 0.1) is 5.69 Å². The van der Waals surface area contributed by atoms with Gasteiger partial charge in [-0.3, -0.25) is 4.98 Å². The Bertz CT molecular complexity index is 594. The van der Waals surface area contributed by atoms with Gasteiger partial charge in [-0.2, -0.15) is 0 Å². The molecule has 2 aromatic rings. The van der Waals surface area contributed by atoms with Gasteiger partial charge < -0.3 is 0 Å². The Morgan fingerprint density at radius 3 is 2.50 bits per heavy atom. The quantitative estimate of drug-likeness (QED) is 0.732. The third-order valence-corrected chi connectivity index (χ3v) is 3.24. The normalized spacial score (nSPS) is 11.7. The van der Waals surface area contributed by atoms with Crippen LogP contribution < -0.4 is 0 Å². The van der Waals surface area contributed by atoms with Crippen molar-refractivity contribution < 1.29 is 0 Å². The number of aryl methyl sites for hydroxylation is 2. The van der Waals surface area contributed by atoms with Crippen LogP contribution in [0.1, 0.15) is 30.7 Å². The van der Waals surface area contributed by atoms with Crippen molar-refractivity contribution in [1.82, 2.24) is 4.98 Å². The molecule has 1 heteroatoms. The van der Waals surface area contributed by atoms with E-state index in [1.54, 1.807) is 0 Å². The van der Waals surface area contributed by atoms with E-state index < -0.39 is 0 Å². The van der Waals surface area contributed by atoms with Crippen LogP contribution in [0.25, 0.3) is 16.7 Å². The van der Waals surface area contributed by atoms with Gasteiger partial charge >= 0.3 is 0 Å². The van der Waals surface area contributed by atoms with Crippen LogP contribution in [-0.4, -0.2) is 4.98 Å². The molecule has 2 rings (SSSR count). The second-order valence-corrected chi connectivity index (χ2v) is 4.73. The number of hydrogen-bond acceptors (Lipinski definition) is 1. The van der Waals surface area contributed by atoms with Crippen molar-refractivity contribution in [2.75, 3.05) is 0 Å². The highest BCUT2D eigenvalue weighted by atomic mass is 14.7. The molecule has 92 valence electrons. The predicted molar refractivity (Wildman–Crippen MR) is 78.5 cm³/mol. The van der Waals surface area contributed by atoms with E-state index in [0.717, 1.165) is 5.69 Å². The SMILES string of the molecule is C/C=C(/C)c1ncc(-c2cccc(C)c2)cc1C. The summed E-state index contributed by atoms with van der Waals surface area (Å²) in [5.74, 6) is 0. The molecule has 0 unspecified atom stereocenters. The summed E-state index contributed by atoms with van der Waals surface area (Å²) in [7, 11) is 0. The molecule has 0 bridgehead atoms. The Morgan fingerprint density at radius 2 is 1.89 bits per heavy atom. The Kier molecular flexibility index (Phi) is 3.61. The van der Waals surface area contributed by atoms with E-state index in [2.05, 4.69) is 62.2 Å². The number of nitrogens with zero attached hydrogens (tertiary/aromatic N) is 1. The zero-order valence-corrected chi connectivity index (χ0v) is 11.5. The molecular formula is C17H19N. The lowest BCUT2D eigenvalue weighted by Crippen LogP contribution is -1.92. The van der Waals surface area contributed by atoms with Crippen molar-refractivity contribution in [3.8, 4) is 11.1 Å². The summed E-state index contributed by atoms with van der Waals surface area (Å²) in [6, 6.07) is 10.7. The number of allylic oxidation sites excluding steroid dienone is 2. The maximum Gasteiger partial charge on any atom is 0.0685 e. The molecule has 1 heterocycles. The van der Waals surface area contributed by atoms with Gasteiger partial charge in [-0.05, 0) is 50.5 Å². The van der Waals surface area contributed by atoms with Gasteiger partial charge in [0, 0.05) is 11.8 Å². The minimum atomic E-state index is 1.09. The molecule has 18 heavy (non-hydrogen) atoms. The van der Waals surface area contributed by atoms with Crippen molar-refractivity contribution >= 4 is 5.57 Å². The first-order chi connectivity index (χ1) is 8.61. The lowest BCUT2D eigenvalue weighted by atomic mass is 10.0. The summed E-state index contributed by atoms with van der Waals surface area (Å²) in [6.07, 6.45) is 4.06. The van der Waals surface area contributed by atoms with E-state index in [1.807, 2.05) is 13.1 Å². The molecule has 1 aromatic heterocycles. The minimum Gasteiger partial charge on any atom is -0.256 e. The van der Waals surface area contributed by atoms with Crippen LogP contribution in [-0.2, 0) is 0 Å². The van der Waals surface area contributed by atoms with Crippen molar-refractivity contribution in [3.05, 3.63) is 59.4 Å². The van der Waals surface area contributed by atoms with Crippen molar-refractivity contribution in [2.45, 2.75) is 27.7 Å². The highest BCUT2D eigenvalue weighted by Gasteiger charge is 2.05. The summed E-state index contributed by atoms with van der Waals surface area (Å²) in [4.78, 5) is 4.59. The molecule has 0 fully saturated rings. The van der Waals surface area contributed by atoms with Crippen molar-refractivity contribution in [1.29, 1.82) is 0 Å². The molecule has 0 amide bonds. The molecule has 0 radical (unpaired) electrons. The van der Waals surface area contributed by atoms with Crippen LogP contribution in [0.4, 0.5) is 0 Å². The molecule has 0 N–H and O–H groups in total. The Labute approximate surface area is 109 Å². The first-order valence-corrected chi connectivity index (χ1v) is 6.29. The third-order valence-electron chi connectivity index (χ3n) is 3.24. The second kappa shape index (κ2) is 5.18. The zero-order valence-electron chi connectivity index (χ0n) is 11.5. The number of benzene rings is 1. The fraction of sp³-hybridized carbons (Fsp3) is 0.235. The summed E-state index contributed by atoms with van der Waals surface area (Å²) in [5.41, 5.74) is 7.24. The average molecular weight is 237 g/mol. The lowest BCUT2D eigenvalue weighted by Gasteiger charge is -2.08. The molecule has 0 atom stereocenters. The van der Waals surface area contributed by atoms with Gasteiger partial charge in [0.2, 0.25) is 0 Å². The molecule has 0 aliphatic carbocycles. The van der Waals surface area contributed by atoms with E-state index >= 15 is 0 Å². The molecule has 1 nitrogen and oxygen atoms in total. The standard InChI is InChI=1S/C17H19N/c1-5-13(3)17-14(4)10-16(11-18-17)15-8-6-7-12(2)9-15/h5-11H,1-4H3/b13-5-. The van der Waals surface area contributed by atoms with Crippen LogP contribution in [0.2, 0.25) is 0 Å². The maximum atomic E-state index is 4.59. The molecular weight excluding hydrogens is 218 g/mol. The van der Waals surface area contributed by atoms with E-state index in [0.29, 0.717) is 0 Å². The summed E-state index contributed by atoms with van der Waals surface area (Å²) < 4.78 is 0. The smallest absolute Gasteiger partial charge is 0.0685 e. The average Bonchev–Trinajstić information content (AvgIpc) is 2.37. The highest BCUT2D eigenvalue weighted by Crippen LogP contribution is 2.24. The van der Waals surface area contributed by atoms with E-state index in [9.17, 15) is 0 Å². The number of hydrogen-bond donors (Lipinski definition) is 0.